The van der Waals surface area contributed by atoms with E-state index in [2.05, 4.69) is 39.7 Å². The van der Waals surface area contributed by atoms with Gasteiger partial charge in [0.2, 0.25) is 11.7 Å². The molecule has 0 aliphatic heterocycles. The molecule has 0 bridgehead atoms. The molecule has 0 aromatic carbocycles. The van der Waals surface area contributed by atoms with Crippen LogP contribution in [0.3, 0.4) is 0 Å². The monoisotopic (exact) mass is 551 g/mol. The van der Waals surface area contributed by atoms with Crippen molar-refractivity contribution in [3.63, 3.8) is 0 Å². The number of methoxy groups -OCH3 is 1. The number of hydrogen-bond donors (Lipinski definition) is 0. The number of ether oxygens (including phenoxy) is 3. The molecule has 38 heavy (non-hydrogen) atoms. The molecule has 3 rings (SSSR count). The van der Waals surface area contributed by atoms with E-state index in [1.165, 1.54) is 13.3 Å². The van der Waals surface area contributed by atoms with Crippen LogP contribution in [0.15, 0.2) is 36.7 Å². The van der Waals surface area contributed by atoms with Gasteiger partial charge in [0.15, 0.2) is 5.82 Å². The molecule has 0 saturated carbocycles. The second-order valence-electron chi connectivity index (χ2n) is 10.6. The molecule has 0 atom stereocenters. The SMILES string of the molecule is COC(=O)C(C)(C)COc1ccc(-c2ccc(-c3nc(C(F)(F)F)n(COCC[Si](C)(C)C)n3)cn2)cn1. The fraction of sp³-hybridized carbons (Fsp3) is 0.480. The normalized spacial score (nSPS) is 12.4. The van der Waals surface area contributed by atoms with Crippen LogP contribution in [0.1, 0.15) is 19.7 Å². The van der Waals surface area contributed by atoms with E-state index in [0.29, 0.717) is 29.3 Å². The molecule has 0 radical (unpaired) electrons. The number of nitrogens with zero attached hydrogens (tertiary/aromatic N) is 5. The van der Waals surface area contributed by atoms with Gasteiger partial charge in [0.05, 0.1) is 18.2 Å². The number of carbonyl (C=O) groups is 1. The molecular formula is C25H32F3N5O4Si. The first-order valence-electron chi connectivity index (χ1n) is 11.9. The molecule has 9 nitrogen and oxygen atoms in total. The summed E-state index contributed by atoms with van der Waals surface area (Å²) in [6.45, 7) is 10.00. The molecule has 0 aliphatic carbocycles. The smallest absolute Gasteiger partial charge is 0.451 e. The van der Waals surface area contributed by atoms with Crippen molar-refractivity contribution in [2.75, 3.05) is 20.3 Å². The van der Waals surface area contributed by atoms with E-state index in [0.717, 1.165) is 10.7 Å². The summed E-state index contributed by atoms with van der Waals surface area (Å²) < 4.78 is 57.2. The van der Waals surface area contributed by atoms with Crippen LogP contribution in [0.25, 0.3) is 22.6 Å². The van der Waals surface area contributed by atoms with Crippen LogP contribution in [0, 0.1) is 5.41 Å². The Labute approximate surface area is 220 Å². The highest BCUT2D eigenvalue weighted by atomic mass is 28.3. The van der Waals surface area contributed by atoms with Crippen molar-refractivity contribution in [2.24, 2.45) is 5.41 Å². The lowest BCUT2D eigenvalue weighted by atomic mass is 9.95. The van der Waals surface area contributed by atoms with Crippen molar-refractivity contribution in [3.8, 4) is 28.5 Å². The van der Waals surface area contributed by atoms with Crippen LogP contribution < -0.4 is 4.74 Å². The molecule has 13 heteroatoms. The van der Waals surface area contributed by atoms with Gasteiger partial charge in [-0.2, -0.15) is 13.2 Å². The quantitative estimate of drug-likeness (QED) is 0.180. The minimum Gasteiger partial charge on any atom is -0.476 e. The lowest BCUT2D eigenvalue weighted by Crippen LogP contribution is -2.32. The third kappa shape index (κ3) is 7.84. The maximum atomic E-state index is 13.5. The summed E-state index contributed by atoms with van der Waals surface area (Å²) in [5.41, 5.74) is 0.715. The number of pyridine rings is 2. The Hall–Kier alpha value is -3.32. The average Bonchev–Trinajstić information content (AvgIpc) is 3.30. The first-order chi connectivity index (χ1) is 17.7. The molecule has 0 fully saturated rings. The van der Waals surface area contributed by atoms with Crippen molar-refractivity contribution >= 4 is 14.0 Å². The number of esters is 1. The van der Waals surface area contributed by atoms with Gasteiger partial charge in [-0.15, -0.1) is 5.10 Å². The van der Waals surface area contributed by atoms with E-state index in [9.17, 15) is 18.0 Å². The Kier molecular flexibility index (Phi) is 8.92. The van der Waals surface area contributed by atoms with Gasteiger partial charge in [-0.05, 0) is 38.1 Å². The molecule has 0 N–H and O–H groups in total. The molecule has 0 amide bonds. The minimum atomic E-state index is -4.68. The zero-order chi connectivity index (χ0) is 28.1. The Morgan fingerprint density at radius 3 is 2.26 bits per heavy atom. The Bertz CT molecular complexity index is 1220. The number of hydrogen-bond acceptors (Lipinski definition) is 8. The van der Waals surface area contributed by atoms with E-state index < -0.39 is 31.5 Å². The third-order valence-electron chi connectivity index (χ3n) is 5.51. The summed E-state index contributed by atoms with van der Waals surface area (Å²) in [4.78, 5) is 24.1. The number of rotatable bonds is 11. The van der Waals surface area contributed by atoms with E-state index in [-0.39, 0.29) is 19.2 Å². The Morgan fingerprint density at radius 1 is 1.03 bits per heavy atom. The van der Waals surface area contributed by atoms with Crippen LogP contribution in [-0.2, 0) is 27.2 Å². The average molecular weight is 552 g/mol. The Balaban J connectivity index is 1.70. The Morgan fingerprint density at radius 2 is 1.71 bits per heavy atom. The van der Waals surface area contributed by atoms with Crippen molar-refractivity contribution in [2.45, 2.75) is 52.4 Å². The first-order valence-corrected chi connectivity index (χ1v) is 15.6. The number of alkyl halides is 3. The third-order valence-corrected chi connectivity index (χ3v) is 7.21. The molecule has 206 valence electrons. The molecule has 0 aliphatic rings. The van der Waals surface area contributed by atoms with E-state index in [4.69, 9.17) is 14.2 Å². The van der Waals surface area contributed by atoms with Gasteiger partial charge in [-0.1, -0.05) is 19.6 Å². The summed E-state index contributed by atoms with van der Waals surface area (Å²) in [6.07, 6.45) is -1.72. The molecular weight excluding hydrogens is 519 g/mol. The van der Waals surface area contributed by atoms with Gasteiger partial charge in [-0.3, -0.25) is 9.78 Å². The van der Waals surface area contributed by atoms with Crippen LogP contribution in [0.2, 0.25) is 25.7 Å². The van der Waals surface area contributed by atoms with Crippen molar-refractivity contribution in [3.05, 3.63) is 42.5 Å². The van der Waals surface area contributed by atoms with Crippen LogP contribution in [0.4, 0.5) is 13.2 Å². The number of halogens is 3. The summed E-state index contributed by atoms with van der Waals surface area (Å²) in [7, 11) is -0.0600. The van der Waals surface area contributed by atoms with Gasteiger partial charge in [-0.25, -0.2) is 14.6 Å². The predicted molar refractivity (Wildman–Crippen MR) is 137 cm³/mol. The molecule has 3 aromatic rings. The van der Waals surface area contributed by atoms with Crippen molar-refractivity contribution in [1.82, 2.24) is 24.7 Å². The van der Waals surface area contributed by atoms with Crippen LogP contribution in [-0.4, -0.2) is 59.1 Å². The predicted octanol–water partition coefficient (Wildman–Crippen LogP) is 5.31. The van der Waals surface area contributed by atoms with Crippen molar-refractivity contribution < 1.29 is 32.2 Å². The molecule has 3 heterocycles. The minimum absolute atomic E-state index is 0.0852. The van der Waals surface area contributed by atoms with Crippen LogP contribution >= 0.6 is 0 Å². The summed E-state index contributed by atoms with van der Waals surface area (Å²) in [5.74, 6) is -1.29. The van der Waals surface area contributed by atoms with Gasteiger partial charge in [0.25, 0.3) is 0 Å². The maximum absolute atomic E-state index is 13.5. The van der Waals surface area contributed by atoms with Gasteiger partial charge in [0.1, 0.15) is 13.3 Å². The van der Waals surface area contributed by atoms with E-state index in [1.54, 1.807) is 44.3 Å². The lowest BCUT2D eigenvalue weighted by molar-refractivity contribution is -0.152. The van der Waals surface area contributed by atoms with Crippen LogP contribution in [0.5, 0.6) is 5.88 Å². The summed E-state index contributed by atoms with van der Waals surface area (Å²) >= 11 is 0. The molecule has 0 saturated heterocycles. The van der Waals surface area contributed by atoms with Gasteiger partial charge in [0, 0.05) is 44.3 Å². The fourth-order valence-corrected chi connectivity index (χ4v) is 3.95. The fourth-order valence-electron chi connectivity index (χ4n) is 3.20. The van der Waals surface area contributed by atoms with Crippen molar-refractivity contribution in [1.29, 1.82) is 0 Å². The largest absolute Gasteiger partial charge is 0.476 e. The first kappa shape index (κ1) is 29.2. The molecule has 0 unspecified atom stereocenters. The zero-order valence-corrected chi connectivity index (χ0v) is 23.3. The topological polar surface area (TPSA) is 101 Å². The highest BCUT2D eigenvalue weighted by Crippen LogP contribution is 2.30. The van der Waals surface area contributed by atoms with Gasteiger partial charge >= 0.3 is 12.1 Å². The number of carbonyl (C=O) groups excluding carboxylic acids is 1. The van der Waals surface area contributed by atoms with Gasteiger partial charge < -0.3 is 14.2 Å². The number of aromatic nitrogens is 5. The van der Waals surface area contributed by atoms with E-state index >= 15 is 0 Å². The summed E-state index contributed by atoms with van der Waals surface area (Å²) in [6, 6.07) is 7.44. The summed E-state index contributed by atoms with van der Waals surface area (Å²) in [5, 5.41) is 4.02. The highest BCUT2D eigenvalue weighted by Gasteiger charge is 2.38. The lowest BCUT2D eigenvalue weighted by Gasteiger charge is -2.21. The second-order valence-corrected chi connectivity index (χ2v) is 16.2. The second kappa shape index (κ2) is 11.6. The maximum Gasteiger partial charge on any atom is 0.451 e. The highest BCUT2D eigenvalue weighted by molar-refractivity contribution is 6.76. The van der Waals surface area contributed by atoms with E-state index in [1.807, 2.05) is 0 Å². The standard InChI is InChI=1S/C25H32F3N5O4Si/c1-24(2,23(34)35-3)15-37-20-10-8-17(13-30-20)19-9-7-18(14-29-19)21-31-22(25(26,27)28)33(32-21)16-36-11-12-38(4,5)6/h7-10,13-14H,11-12,15-16H2,1-6H3. The molecule has 0 spiro atoms. The molecule has 3 aromatic heterocycles. The zero-order valence-electron chi connectivity index (χ0n) is 22.3.